The van der Waals surface area contributed by atoms with Gasteiger partial charge in [-0.05, 0) is 25.7 Å². The number of nitrogens with zero attached hydrogens (tertiary/aromatic N) is 1. The molecule has 122 valence electrons. The topological polar surface area (TPSA) is 84.3 Å². The average Bonchev–Trinajstić information content (AvgIpc) is 2.97. The Balaban J connectivity index is 2.13. The van der Waals surface area contributed by atoms with Crippen LogP contribution in [0.25, 0.3) is 6.08 Å². The lowest BCUT2D eigenvalue weighted by Gasteiger charge is -2.15. The highest BCUT2D eigenvalue weighted by Crippen LogP contribution is 2.26. The molecule has 1 fully saturated rings. The number of aliphatic hydroxyl groups excluding tert-OH is 1. The summed E-state index contributed by atoms with van der Waals surface area (Å²) in [6, 6.07) is 0. The van der Waals surface area contributed by atoms with Crippen molar-refractivity contribution in [2.24, 2.45) is 0 Å². The van der Waals surface area contributed by atoms with Gasteiger partial charge in [0.15, 0.2) is 0 Å². The van der Waals surface area contributed by atoms with Gasteiger partial charge >= 0.3 is 5.69 Å². The summed E-state index contributed by atoms with van der Waals surface area (Å²) in [5, 5.41) is 9.10. The number of rotatable bonds is 7. The van der Waals surface area contributed by atoms with E-state index in [9.17, 15) is 9.59 Å². The van der Waals surface area contributed by atoms with Crippen molar-refractivity contribution in [2.45, 2.75) is 57.8 Å². The zero-order valence-corrected chi connectivity index (χ0v) is 13.0. The Morgan fingerprint density at radius 3 is 2.91 bits per heavy atom. The molecule has 2 rings (SSSR count). The summed E-state index contributed by atoms with van der Waals surface area (Å²) < 4.78 is 7.00. The molecule has 0 radical (unpaired) electrons. The maximum absolute atomic E-state index is 11.9. The molecule has 0 unspecified atom stereocenters. The molecule has 22 heavy (non-hydrogen) atoms. The van der Waals surface area contributed by atoms with E-state index in [2.05, 4.69) is 11.9 Å². The quantitative estimate of drug-likeness (QED) is 0.752. The molecule has 2 heterocycles. The van der Waals surface area contributed by atoms with Crippen LogP contribution >= 0.6 is 0 Å². The normalized spacial score (nSPS) is 21.7. The summed E-state index contributed by atoms with van der Waals surface area (Å²) in [5.74, 6) is 0. The van der Waals surface area contributed by atoms with Crippen molar-refractivity contribution in [3.63, 3.8) is 0 Å². The molecule has 1 saturated heterocycles. The fraction of sp³-hybridized carbons (Fsp3) is 0.625. The summed E-state index contributed by atoms with van der Waals surface area (Å²) in [6.45, 7) is 2.09. The van der Waals surface area contributed by atoms with E-state index in [0.29, 0.717) is 18.4 Å². The van der Waals surface area contributed by atoms with Gasteiger partial charge < -0.3 is 9.84 Å². The Hall–Kier alpha value is -1.66. The Bertz CT molecular complexity index is 617. The van der Waals surface area contributed by atoms with Gasteiger partial charge in [-0.1, -0.05) is 31.9 Å². The monoisotopic (exact) mass is 308 g/mol. The molecule has 0 amide bonds. The number of allylic oxidation sites excluding steroid dienone is 1. The second-order valence-electron chi connectivity index (χ2n) is 5.62. The molecule has 6 nitrogen and oxygen atoms in total. The van der Waals surface area contributed by atoms with Crippen molar-refractivity contribution >= 4 is 6.08 Å². The molecular formula is C16H24N2O4. The second kappa shape index (κ2) is 8.10. The number of aromatic nitrogens is 2. The highest BCUT2D eigenvalue weighted by molar-refractivity contribution is 5.46. The maximum atomic E-state index is 11.9. The highest BCUT2D eigenvalue weighted by Gasteiger charge is 2.26. The largest absolute Gasteiger partial charge is 0.394 e. The van der Waals surface area contributed by atoms with E-state index < -0.39 is 11.9 Å². The fourth-order valence-corrected chi connectivity index (χ4v) is 2.58. The van der Waals surface area contributed by atoms with Gasteiger partial charge in [0.05, 0.1) is 18.3 Å². The van der Waals surface area contributed by atoms with E-state index in [-0.39, 0.29) is 18.3 Å². The van der Waals surface area contributed by atoms with Gasteiger partial charge in [-0.2, -0.15) is 0 Å². The molecule has 2 atom stereocenters. The van der Waals surface area contributed by atoms with E-state index in [1.165, 1.54) is 11.0 Å². The number of unbranched alkanes of at least 4 members (excludes halogenated alkanes) is 3. The first-order valence-corrected chi connectivity index (χ1v) is 7.94. The van der Waals surface area contributed by atoms with Gasteiger partial charge in [0, 0.05) is 6.20 Å². The van der Waals surface area contributed by atoms with E-state index in [1.807, 2.05) is 6.08 Å². The maximum Gasteiger partial charge on any atom is 0.330 e. The van der Waals surface area contributed by atoms with Crippen LogP contribution in [-0.2, 0) is 4.74 Å². The molecule has 0 spiro atoms. The average molecular weight is 308 g/mol. The smallest absolute Gasteiger partial charge is 0.330 e. The minimum absolute atomic E-state index is 0.0568. The van der Waals surface area contributed by atoms with Crippen molar-refractivity contribution in [2.75, 3.05) is 6.61 Å². The second-order valence-corrected chi connectivity index (χ2v) is 5.62. The van der Waals surface area contributed by atoms with Crippen LogP contribution in [-0.4, -0.2) is 27.4 Å². The van der Waals surface area contributed by atoms with E-state index in [1.54, 1.807) is 12.3 Å². The third-order valence-corrected chi connectivity index (χ3v) is 3.87. The lowest BCUT2D eigenvalue weighted by atomic mass is 10.2. The Morgan fingerprint density at radius 1 is 1.41 bits per heavy atom. The number of H-pyrrole nitrogens is 1. The van der Waals surface area contributed by atoms with Crippen molar-refractivity contribution in [1.29, 1.82) is 0 Å². The SMILES string of the molecule is CCCCC/C=C/c1cn([C@H]2CC[C@@H](CO)O2)c(=O)[nH]c1=O. The summed E-state index contributed by atoms with van der Waals surface area (Å²) in [6.07, 6.45) is 10.3. The van der Waals surface area contributed by atoms with Crippen LogP contribution in [0.15, 0.2) is 21.9 Å². The predicted molar refractivity (Wildman–Crippen MR) is 84.7 cm³/mol. The number of hydrogen-bond acceptors (Lipinski definition) is 4. The third kappa shape index (κ3) is 4.18. The zero-order valence-electron chi connectivity index (χ0n) is 13.0. The predicted octanol–water partition coefficient (Wildman–Crippen LogP) is 1.80. The lowest BCUT2D eigenvalue weighted by Crippen LogP contribution is -2.33. The molecular weight excluding hydrogens is 284 g/mol. The molecule has 6 heteroatoms. The van der Waals surface area contributed by atoms with Crippen LogP contribution in [0, 0.1) is 0 Å². The molecule has 0 aliphatic carbocycles. The first-order chi connectivity index (χ1) is 10.7. The van der Waals surface area contributed by atoms with E-state index in [4.69, 9.17) is 9.84 Å². The fourth-order valence-electron chi connectivity index (χ4n) is 2.58. The minimum atomic E-state index is -0.475. The number of nitrogens with one attached hydrogen (secondary N) is 1. The van der Waals surface area contributed by atoms with Crippen molar-refractivity contribution in [3.8, 4) is 0 Å². The zero-order chi connectivity index (χ0) is 15.9. The van der Waals surface area contributed by atoms with Gasteiger partial charge in [-0.3, -0.25) is 14.3 Å². The molecule has 0 aromatic carbocycles. The Morgan fingerprint density at radius 2 is 2.23 bits per heavy atom. The Labute approximate surface area is 129 Å². The van der Waals surface area contributed by atoms with Gasteiger partial charge in [0.25, 0.3) is 5.56 Å². The van der Waals surface area contributed by atoms with Crippen LogP contribution in [0.4, 0.5) is 0 Å². The first-order valence-electron chi connectivity index (χ1n) is 7.94. The van der Waals surface area contributed by atoms with Crippen LogP contribution in [0.2, 0.25) is 0 Å². The standard InChI is InChI=1S/C16H24N2O4/c1-2-3-4-5-6-7-12-10-18(16(21)17-15(12)20)14-9-8-13(11-19)22-14/h6-7,10,13-14,19H,2-5,8-9,11H2,1H3,(H,17,20,21)/b7-6+/t13-,14+/m0/s1. The van der Waals surface area contributed by atoms with E-state index in [0.717, 1.165) is 19.3 Å². The van der Waals surface area contributed by atoms with Crippen molar-refractivity contribution in [3.05, 3.63) is 38.7 Å². The van der Waals surface area contributed by atoms with Crippen molar-refractivity contribution < 1.29 is 9.84 Å². The van der Waals surface area contributed by atoms with Gasteiger partial charge in [0.1, 0.15) is 6.23 Å². The van der Waals surface area contributed by atoms with Crippen LogP contribution < -0.4 is 11.2 Å². The van der Waals surface area contributed by atoms with Crippen LogP contribution in [0.1, 0.15) is 57.2 Å². The van der Waals surface area contributed by atoms with E-state index >= 15 is 0 Å². The highest BCUT2D eigenvalue weighted by atomic mass is 16.5. The molecule has 1 aliphatic heterocycles. The third-order valence-electron chi connectivity index (χ3n) is 3.87. The van der Waals surface area contributed by atoms with Crippen LogP contribution in [0.3, 0.4) is 0 Å². The number of aromatic amines is 1. The molecule has 0 bridgehead atoms. The van der Waals surface area contributed by atoms with Crippen molar-refractivity contribution in [1.82, 2.24) is 9.55 Å². The Kier molecular flexibility index (Phi) is 6.15. The van der Waals surface area contributed by atoms with Gasteiger partial charge in [0.2, 0.25) is 0 Å². The summed E-state index contributed by atoms with van der Waals surface area (Å²) in [4.78, 5) is 26.1. The molecule has 2 N–H and O–H groups in total. The minimum Gasteiger partial charge on any atom is -0.394 e. The molecule has 1 aromatic rings. The lowest BCUT2D eigenvalue weighted by molar-refractivity contribution is -0.0246. The molecule has 1 aromatic heterocycles. The first kappa shape index (κ1) is 16.7. The van der Waals surface area contributed by atoms with Gasteiger partial charge in [-0.25, -0.2) is 4.79 Å². The molecule has 1 aliphatic rings. The molecule has 0 saturated carbocycles. The summed E-state index contributed by atoms with van der Waals surface area (Å²) in [7, 11) is 0. The number of aliphatic hydroxyl groups is 1. The summed E-state index contributed by atoms with van der Waals surface area (Å²) >= 11 is 0. The number of ether oxygens (including phenoxy) is 1. The summed E-state index contributed by atoms with van der Waals surface area (Å²) in [5.41, 5.74) is -0.409. The van der Waals surface area contributed by atoms with Crippen LogP contribution in [0.5, 0.6) is 0 Å². The number of hydrogen-bond donors (Lipinski definition) is 2. The van der Waals surface area contributed by atoms with Gasteiger partial charge in [-0.15, -0.1) is 0 Å².